The van der Waals surface area contributed by atoms with Crippen molar-refractivity contribution < 1.29 is 18.3 Å². The zero-order valence-electron chi connectivity index (χ0n) is 14.3. The standard InChI is InChI=1S/C18H18F3N5O/c19-18(20,21)12-6-8-13(9-7-12)22-17-23-15-4-1-5-16(26(15)24-17)25-10-2-3-14(27)11-25/h1,4-9,14,27H,2-3,10-11H2,(H,22,24). The second-order valence-corrected chi connectivity index (χ2v) is 6.53. The fourth-order valence-corrected chi connectivity index (χ4v) is 3.22. The van der Waals surface area contributed by atoms with Gasteiger partial charge in [-0.2, -0.15) is 22.7 Å². The first kappa shape index (κ1) is 17.6. The average Bonchev–Trinajstić information content (AvgIpc) is 3.03. The zero-order chi connectivity index (χ0) is 19.0. The Balaban J connectivity index is 1.59. The predicted octanol–water partition coefficient (Wildman–Crippen LogP) is 3.45. The van der Waals surface area contributed by atoms with Gasteiger partial charge >= 0.3 is 6.18 Å². The van der Waals surface area contributed by atoms with E-state index in [1.54, 1.807) is 10.6 Å². The summed E-state index contributed by atoms with van der Waals surface area (Å²) in [5.74, 6) is 1.11. The minimum atomic E-state index is -4.37. The summed E-state index contributed by atoms with van der Waals surface area (Å²) in [5, 5.41) is 17.3. The lowest BCUT2D eigenvalue weighted by atomic mass is 10.1. The zero-order valence-corrected chi connectivity index (χ0v) is 14.3. The van der Waals surface area contributed by atoms with E-state index >= 15 is 0 Å². The molecule has 0 bridgehead atoms. The second kappa shape index (κ2) is 6.73. The molecule has 6 nitrogen and oxygen atoms in total. The van der Waals surface area contributed by atoms with E-state index in [0.717, 1.165) is 37.3 Å². The van der Waals surface area contributed by atoms with Crippen LogP contribution in [0.3, 0.4) is 0 Å². The van der Waals surface area contributed by atoms with Gasteiger partial charge in [0.2, 0.25) is 5.95 Å². The van der Waals surface area contributed by atoms with E-state index in [1.807, 2.05) is 12.1 Å². The van der Waals surface area contributed by atoms with E-state index in [-0.39, 0.29) is 6.10 Å². The van der Waals surface area contributed by atoms with Crippen molar-refractivity contribution in [1.29, 1.82) is 0 Å². The SMILES string of the molecule is OC1CCCN(c2cccc3nc(Nc4ccc(C(F)(F)F)cc4)nn23)C1. The van der Waals surface area contributed by atoms with Crippen molar-refractivity contribution in [2.75, 3.05) is 23.3 Å². The Morgan fingerprint density at radius 3 is 2.59 bits per heavy atom. The maximum atomic E-state index is 12.7. The van der Waals surface area contributed by atoms with Crippen LogP contribution in [0.25, 0.3) is 5.65 Å². The molecule has 1 unspecified atom stereocenters. The summed E-state index contributed by atoms with van der Waals surface area (Å²) in [7, 11) is 0. The third-order valence-electron chi connectivity index (χ3n) is 4.53. The Kier molecular flexibility index (Phi) is 4.39. The molecular formula is C18H18F3N5O. The Hall–Kier alpha value is -2.81. The van der Waals surface area contributed by atoms with Crippen LogP contribution >= 0.6 is 0 Å². The first-order valence-electron chi connectivity index (χ1n) is 8.63. The van der Waals surface area contributed by atoms with Crippen LogP contribution in [0.1, 0.15) is 18.4 Å². The number of nitrogens with one attached hydrogen (secondary N) is 1. The van der Waals surface area contributed by atoms with Crippen LogP contribution in [0, 0.1) is 0 Å². The van der Waals surface area contributed by atoms with E-state index < -0.39 is 11.7 Å². The monoisotopic (exact) mass is 377 g/mol. The van der Waals surface area contributed by atoms with Gasteiger partial charge < -0.3 is 15.3 Å². The lowest BCUT2D eigenvalue weighted by molar-refractivity contribution is -0.137. The molecule has 1 fully saturated rings. The molecule has 27 heavy (non-hydrogen) atoms. The number of aliphatic hydroxyl groups is 1. The van der Waals surface area contributed by atoms with Gasteiger partial charge in [-0.1, -0.05) is 6.07 Å². The molecule has 9 heteroatoms. The highest BCUT2D eigenvalue weighted by Gasteiger charge is 2.30. The number of anilines is 3. The molecule has 142 valence electrons. The Morgan fingerprint density at radius 1 is 1.11 bits per heavy atom. The number of piperidine rings is 1. The van der Waals surface area contributed by atoms with E-state index in [1.165, 1.54) is 12.1 Å². The molecule has 1 saturated heterocycles. The van der Waals surface area contributed by atoms with Crippen LogP contribution in [-0.2, 0) is 6.18 Å². The highest BCUT2D eigenvalue weighted by atomic mass is 19.4. The van der Waals surface area contributed by atoms with Gasteiger partial charge in [-0.3, -0.25) is 0 Å². The number of rotatable bonds is 3. The molecular weight excluding hydrogens is 359 g/mol. The van der Waals surface area contributed by atoms with Gasteiger partial charge in [0, 0.05) is 18.8 Å². The van der Waals surface area contributed by atoms with Crippen LogP contribution in [0.2, 0.25) is 0 Å². The van der Waals surface area contributed by atoms with Crippen LogP contribution in [0.15, 0.2) is 42.5 Å². The highest BCUT2D eigenvalue weighted by Crippen LogP contribution is 2.30. The number of halogens is 3. The molecule has 1 aromatic carbocycles. The molecule has 1 aliphatic heterocycles. The molecule has 3 aromatic rings. The van der Waals surface area contributed by atoms with Crippen molar-refractivity contribution in [2.45, 2.75) is 25.1 Å². The quantitative estimate of drug-likeness (QED) is 0.732. The number of aromatic nitrogens is 3. The molecule has 2 aromatic heterocycles. The highest BCUT2D eigenvalue weighted by molar-refractivity contribution is 5.58. The summed E-state index contributed by atoms with van der Waals surface area (Å²) >= 11 is 0. The molecule has 4 rings (SSSR count). The number of β-amino-alcohol motifs (C(OH)–C–C–N with tert-alkyl or cyclic N) is 1. The van der Waals surface area contributed by atoms with E-state index in [4.69, 9.17) is 0 Å². The number of pyridine rings is 1. The Labute approximate surface area is 153 Å². The van der Waals surface area contributed by atoms with Crippen molar-refractivity contribution in [3.63, 3.8) is 0 Å². The third-order valence-corrected chi connectivity index (χ3v) is 4.53. The predicted molar refractivity (Wildman–Crippen MR) is 95.2 cm³/mol. The van der Waals surface area contributed by atoms with Gasteiger partial charge in [0.15, 0.2) is 5.65 Å². The molecule has 0 radical (unpaired) electrons. The first-order valence-corrected chi connectivity index (χ1v) is 8.63. The van der Waals surface area contributed by atoms with Gasteiger partial charge in [-0.15, -0.1) is 5.10 Å². The van der Waals surface area contributed by atoms with Crippen molar-refractivity contribution in [2.24, 2.45) is 0 Å². The van der Waals surface area contributed by atoms with Gasteiger partial charge in [-0.05, 0) is 49.2 Å². The maximum Gasteiger partial charge on any atom is 0.416 e. The number of aliphatic hydroxyl groups excluding tert-OH is 1. The lowest BCUT2D eigenvalue weighted by Gasteiger charge is -2.31. The number of hydrogen-bond donors (Lipinski definition) is 2. The third kappa shape index (κ3) is 3.68. The Morgan fingerprint density at radius 2 is 1.89 bits per heavy atom. The van der Waals surface area contributed by atoms with Gasteiger partial charge in [0.05, 0.1) is 11.7 Å². The van der Waals surface area contributed by atoms with Crippen LogP contribution < -0.4 is 10.2 Å². The fourth-order valence-electron chi connectivity index (χ4n) is 3.22. The van der Waals surface area contributed by atoms with E-state index in [9.17, 15) is 18.3 Å². The van der Waals surface area contributed by atoms with E-state index in [2.05, 4.69) is 20.3 Å². The first-order chi connectivity index (χ1) is 12.9. The molecule has 0 saturated carbocycles. The number of nitrogens with zero attached hydrogens (tertiary/aromatic N) is 4. The lowest BCUT2D eigenvalue weighted by Crippen LogP contribution is -2.39. The number of benzene rings is 1. The number of alkyl halides is 3. The number of fused-ring (bicyclic) bond motifs is 1. The van der Waals surface area contributed by atoms with Crippen molar-refractivity contribution in [3.8, 4) is 0 Å². The minimum Gasteiger partial charge on any atom is -0.391 e. The fraction of sp³-hybridized carbons (Fsp3) is 0.333. The van der Waals surface area contributed by atoms with Crippen LogP contribution in [0.4, 0.5) is 30.6 Å². The minimum absolute atomic E-state index is 0.291. The molecule has 0 amide bonds. The van der Waals surface area contributed by atoms with Crippen LogP contribution in [0.5, 0.6) is 0 Å². The summed E-state index contributed by atoms with van der Waals surface area (Å²) < 4.78 is 39.7. The van der Waals surface area contributed by atoms with Gasteiger partial charge in [0.1, 0.15) is 5.82 Å². The number of hydrogen-bond acceptors (Lipinski definition) is 5. The summed E-state index contributed by atoms with van der Waals surface area (Å²) in [4.78, 5) is 6.44. The van der Waals surface area contributed by atoms with Gasteiger partial charge in [-0.25, -0.2) is 0 Å². The largest absolute Gasteiger partial charge is 0.416 e. The summed E-state index contributed by atoms with van der Waals surface area (Å²) in [5.41, 5.74) is 0.373. The van der Waals surface area contributed by atoms with Crippen molar-refractivity contribution in [1.82, 2.24) is 14.6 Å². The van der Waals surface area contributed by atoms with Crippen molar-refractivity contribution >= 4 is 23.1 Å². The van der Waals surface area contributed by atoms with Gasteiger partial charge in [0.25, 0.3) is 0 Å². The van der Waals surface area contributed by atoms with E-state index in [0.29, 0.717) is 23.8 Å². The molecule has 1 atom stereocenters. The molecule has 2 N–H and O–H groups in total. The normalized spacial score (nSPS) is 18.1. The summed E-state index contributed by atoms with van der Waals surface area (Å²) in [6, 6.07) is 10.3. The Bertz CT molecular complexity index is 938. The molecule has 1 aliphatic rings. The van der Waals surface area contributed by atoms with Crippen LogP contribution in [-0.4, -0.2) is 38.9 Å². The van der Waals surface area contributed by atoms with Crippen molar-refractivity contribution in [3.05, 3.63) is 48.0 Å². The topological polar surface area (TPSA) is 65.7 Å². The maximum absolute atomic E-state index is 12.7. The molecule has 0 spiro atoms. The molecule has 0 aliphatic carbocycles. The summed E-state index contributed by atoms with van der Waals surface area (Å²) in [6.45, 7) is 1.35. The smallest absolute Gasteiger partial charge is 0.391 e. The molecule has 3 heterocycles. The summed E-state index contributed by atoms with van der Waals surface area (Å²) in [6.07, 6.45) is -3.07. The second-order valence-electron chi connectivity index (χ2n) is 6.53. The average molecular weight is 377 g/mol.